The molecule has 1 heterocycles. The molecule has 1 fully saturated rings. The zero-order valence-electron chi connectivity index (χ0n) is 13.3. The highest BCUT2D eigenvalue weighted by molar-refractivity contribution is 5.94. The number of hydrogen-bond acceptors (Lipinski definition) is 4. The van der Waals surface area contributed by atoms with E-state index in [1.54, 1.807) is 6.92 Å². The molecule has 21 heavy (non-hydrogen) atoms. The van der Waals surface area contributed by atoms with E-state index in [2.05, 4.69) is 0 Å². The summed E-state index contributed by atoms with van der Waals surface area (Å²) < 4.78 is 12.8. The van der Waals surface area contributed by atoms with E-state index in [9.17, 15) is 14.7 Å². The van der Waals surface area contributed by atoms with Crippen LogP contribution < -0.4 is 0 Å². The molecule has 114 valence electrons. The lowest BCUT2D eigenvalue weighted by molar-refractivity contribution is -0.136. The van der Waals surface area contributed by atoms with Gasteiger partial charge in [-0.15, -0.1) is 0 Å². The van der Waals surface area contributed by atoms with Gasteiger partial charge in [0.1, 0.15) is 6.61 Å². The van der Waals surface area contributed by atoms with Crippen molar-refractivity contribution in [2.24, 2.45) is 5.92 Å². The van der Waals surface area contributed by atoms with Crippen molar-refractivity contribution >= 4 is 12.0 Å². The van der Waals surface area contributed by atoms with E-state index in [0.29, 0.717) is 6.42 Å². The van der Waals surface area contributed by atoms with Gasteiger partial charge in [-0.3, -0.25) is 4.79 Å². The van der Waals surface area contributed by atoms with Crippen molar-refractivity contribution < 1.29 is 20.8 Å². The van der Waals surface area contributed by atoms with Gasteiger partial charge in [0.2, 0.25) is 5.91 Å². The fourth-order valence-electron chi connectivity index (χ4n) is 2.42. The van der Waals surface area contributed by atoms with E-state index in [1.807, 2.05) is 30.3 Å². The van der Waals surface area contributed by atoms with Crippen LogP contribution in [0.15, 0.2) is 30.3 Å². The number of hydrogen-bond donors (Lipinski definition) is 1. The van der Waals surface area contributed by atoms with Gasteiger partial charge in [-0.2, -0.15) is 0 Å². The van der Waals surface area contributed by atoms with Crippen LogP contribution in [0.3, 0.4) is 0 Å². The molecule has 1 N–H and O–H groups in total. The van der Waals surface area contributed by atoms with Crippen LogP contribution in [-0.2, 0) is 16.0 Å². The fourth-order valence-corrected chi connectivity index (χ4v) is 2.42. The quantitative estimate of drug-likeness (QED) is 0.843. The molecule has 0 bridgehead atoms. The molecule has 1 aliphatic rings. The van der Waals surface area contributed by atoms with Crippen LogP contribution in [0, 0.1) is 5.92 Å². The molecular weight excluding hydrogens is 272 g/mol. The second kappa shape index (κ2) is 6.72. The third kappa shape index (κ3) is 3.42. The Morgan fingerprint density at radius 2 is 2.19 bits per heavy atom. The lowest BCUT2D eigenvalue weighted by atomic mass is 10.1. The third-order valence-electron chi connectivity index (χ3n) is 3.75. The Morgan fingerprint density at radius 1 is 1.52 bits per heavy atom. The molecule has 0 saturated carbocycles. The minimum absolute atomic E-state index is 0.103. The number of imide groups is 1. The largest absolute Gasteiger partial charge is 0.447 e. The third-order valence-corrected chi connectivity index (χ3v) is 3.75. The fraction of sp³-hybridized carbons (Fsp3) is 0.500. The number of aliphatic hydroxyl groups is 1. The molecular formula is C16H21NO4. The maximum atomic E-state index is 12.5. The van der Waals surface area contributed by atoms with Crippen LogP contribution in [0.1, 0.15) is 27.2 Å². The standard InChI is InChI=1S/C16H21NO4/c1-3-14(18)11(2)15(19)17-13(10-21-16(17)20)9-12-7-5-4-6-8-12/h4-8,11,13-14,18H,3,9-10H2,1-2H3/t11-,13-,14-/m1/s1/i11+1,14+1D. The Balaban J connectivity index is 2.16. The van der Waals surface area contributed by atoms with Gasteiger partial charge in [0.25, 0.3) is 0 Å². The van der Waals surface area contributed by atoms with E-state index in [-0.39, 0.29) is 13.0 Å². The van der Waals surface area contributed by atoms with Crippen molar-refractivity contribution in [1.29, 1.82) is 0 Å². The van der Waals surface area contributed by atoms with Gasteiger partial charge in [0.05, 0.1) is 19.4 Å². The highest BCUT2D eigenvalue weighted by Crippen LogP contribution is 2.21. The molecule has 1 saturated heterocycles. The van der Waals surface area contributed by atoms with E-state index >= 15 is 0 Å². The summed E-state index contributed by atoms with van der Waals surface area (Å²) in [5, 5.41) is 9.95. The Labute approximate surface area is 125 Å². The summed E-state index contributed by atoms with van der Waals surface area (Å²) in [6, 6.07) is 9.11. The second-order valence-corrected chi connectivity index (χ2v) is 5.20. The van der Waals surface area contributed by atoms with Crippen molar-refractivity contribution in [3.63, 3.8) is 0 Å². The maximum Gasteiger partial charge on any atom is 0.416 e. The van der Waals surface area contributed by atoms with Crippen LogP contribution >= 0.6 is 0 Å². The first-order valence-corrected chi connectivity index (χ1v) is 7.13. The lowest BCUT2D eigenvalue weighted by Gasteiger charge is -2.25. The Kier molecular flexibility index (Phi) is 4.50. The van der Waals surface area contributed by atoms with Gasteiger partial charge in [0.15, 0.2) is 0 Å². The first-order valence-electron chi connectivity index (χ1n) is 7.63. The van der Waals surface area contributed by atoms with E-state index in [0.717, 1.165) is 10.5 Å². The van der Waals surface area contributed by atoms with Crippen LogP contribution in [0.2, 0.25) is 0 Å². The van der Waals surface area contributed by atoms with E-state index in [4.69, 9.17) is 6.11 Å². The van der Waals surface area contributed by atoms with Gasteiger partial charge in [-0.1, -0.05) is 44.2 Å². The molecule has 0 aromatic heterocycles. The Hall–Kier alpha value is -1.88. The number of carbonyl (C=O) groups excluding carboxylic acids is 2. The normalized spacial score (nSPS) is 23.2. The summed E-state index contributed by atoms with van der Waals surface area (Å²) in [5.41, 5.74) is 0.993. The van der Waals surface area contributed by atoms with Crippen LogP contribution in [0.25, 0.3) is 0 Å². The summed E-state index contributed by atoms with van der Waals surface area (Å²) in [6.45, 7) is 3.22. The van der Waals surface area contributed by atoms with Gasteiger partial charge in [-0.05, 0) is 18.4 Å². The monoisotopic (exact) mass is 294 g/mol. The van der Waals surface area contributed by atoms with Gasteiger partial charge >= 0.3 is 6.09 Å². The molecule has 0 spiro atoms. The lowest BCUT2D eigenvalue weighted by Crippen LogP contribution is -2.45. The minimum atomic E-state index is -1.89. The zero-order valence-corrected chi connectivity index (χ0v) is 12.3. The highest BCUT2D eigenvalue weighted by atomic mass is 16.6. The van der Waals surface area contributed by atoms with Crippen molar-refractivity contribution in [2.75, 3.05) is 6.61 Å². The summed E-state index contributed by atoms with van der Waals surface area (Å²) in [5.74, 6) is -1.57. The summed E-state index contributed by atoms with van der Waals surface area (Å²) in [7, 11) is 0. The number of cyclic esters (lactones) is 1. The first kappa shape index (κ1) is 14.1. The van der Waals surface area contributed by atoms with Gasteiger partial charge in [0, 0.05) is 0 Å². The second-order valence-electron chi connectivity index (χ2n) is 5.20. The molecule has 0 aliphatic carbocycles. The predicted octanol–water partition coefficient (Wildman–Crippen LogP) is 1.98. The van der Waals surface area contributed by atoms with Crippen molar-refractivity contribution in [2.45, 2.75) is 38.8 Å². The topological polar surface area (TPSA) is 66.8 Å². The molecule has 5 nitrogen and oxygen atoms in total. The summed E-state index contributed by atoms with van der Waals surface area (Å²) in [6.07, 6.45) is -2.00. The molecule has 1 aliphatic heterocycles. The molecule has 2 rings (SSSR count). The molecule has 0 radical (unpaired) electrons. The predicted molar refractivity (Wildman–Crippen MR) is 77.6 cm³/mol. The van der Waals surface area contributed by atoms with Crippen molar-refractivity contribution in [3.05, 3.63) is 35.9 Å². The van der Waals surface area contributed by atoms with Crippen LogP contribution in [-0.4, -0.2) is 40.7 Å². The van der Waals surface area contributed by atoms with Crippen LogP contribution in [0.5, 0.6) is 0 Å². The van der Waals surface area contributed by atoms with Gasteiger partial charge in [-0.25, -0.2) is 9.69 Å². The number of nitrogens with zero attached hydrogens (tertiary/aromatic N) is 1. The molecule has 3 atom stereocenters. The Bertz CT molecular complexity index is 546. The average Bonchev–Trinajstić information content (AvgIpc) is 2.87. The molecule has 1 aromatic carbocycles. The molecule has 5 heteroatoms. The van der Waals surface area contributed by atoms with E-state index < -0.39 is 30.0 Å². The SMILES string of the molecule is [2H][13C@@](O)(CC)[13C@@H](C)C(=O)N1C(=O)OC[C@H]1Cc1ccccc1. The van der Waals surface area contributed by atoms with Gasteiger partial charge < -0.3 is 9.84 Å². The van der Waals surface area contributed by atoms with Crippen molar-refractivity contribution in [3.8, 4) is 0 Å². The smallest absolute Gasteiger partial charge is 0.416 e. The average molecular weight is 294 g/mol. The number of carbonyl (C=O) groups is 2. The first-order chi connectivity index (χ1) is 10.4. The van der Waals surface area contributed by atoms with E-state index in [1.165, 1.54) is 6.92 Å². The number of rotatable bonds is 5. The number of amides is 2. The molecule has 0 unspecified atom stereocenters. The minimum Gasteiger partial charge on any atom is -0.447 e. The molecule has 1 aromatic rings. The number of benzene rings is 1. The zero-order chi connectivity index (χ0) is 16.3. The summed E-state index contributed by atoms with van der Waals surface area (Å²) in [4.78, 5) is 25.4. The summed E-state index contributed by atoms with van der Waals surface area (Å²) >= 11 is 0. The maximum absolute atomic E-state index is 12.5. The van der Waals surface area contributed by atoms with Crippen LogP contribution in [0.4, 0.5) is 4.79 Å². The molecule has 2 amide bonds. The Morgan fingerprint density at radius 3 is 2.81 bits per heavy atom. The highest BCUT2D eigenvalue weighted by Gasteiger charge is 2.40. The van der Waals surface area contributed by atoms with Crippen molar-refractivity contribution in [1.82, 2.24) is 4.90 Å². The number of ether oxygens (including phenoxy) is 1.